The van der Waals surface area contributed by atoms with E-state index >= 15 is 0 Å². The molecule has 0 atom stereocenters. The Morgan fingerprint density at radius 2 is 2.18 bits per heavy atom. The largest absolute Gasteiger partial charge is 0.481 e. The second kappa shape index (κ2) is 5.98. The van der Waals surface area contributed by atoms with E-state index < -0.39 is 0 Å². The van der Waals surface area contributed by atoms with Gasteiger partial charge in [-0.15, -0.1) is 0 Å². The standard InChI is InChI=1S/C13H20N2O2/c1-17-13-4-2-3-12(14-13)9-15-7-5-11(10-16)6-8-15/h2-4,11,16H,5-10H2,1H3. The van der Waals surface area contributed by atoms with Gasteiger partial charge in [0, 0.05) is 19.2 Å². The van der Waals surface area contributed by atoms with Crippen molar-refractivity contribution in [1.82, 2.24) is 9.88 Å². The molecule has 2 heterocycles. The number of rotatable bonds is 4. The van der Waals surface area contributed by atoms with Crippen molar-refractivity contribution in [3.8, 4) is 5.88 Å². The zero-order chi connectivity index (χ0) is 12.1. The van der Waals surface area contributed by atoms with E-state index in [0.29, 0.717) is 18.4 Å². The van der Waals surface area contributed by atoms with Crippen LogP contribution in [0.2, 0.25) is 0 Å². The highest BCUT2D eigenvalue weighted by Crippen LogP contribution is 2.18. The maximum Gasteiger partial charge on any atom is 0.213 e. The van der Waals surface area contributed by atoms with E-state index in [2.05, 4.69) is 9.88 Å². The number of ether oxygens (including phenoxy) is 1. The fourth-order valence-electron chi connectivity index (χ4n) is 2.22. The number of hydrogen-bond acceptors (Lipinski definition) is 4. The summed E-state index contributed by atoms with van der Waals surface area (Å²) >= 11 is 0. The molecule has 0 bridgehead atoms. The number of likely N-dealkylation sites (tertiary alicyclic amines) is 1. The molecule has 1 aliphatic rings. The minimum Gasteiger partial charge on any atom is -0.481 e. The van der Waals surface area contributed by atoms with Gasteiger partial charge in [-0.3, -0.25) is 4.90 Å². The summed E-state index contributed by atoms with van der Waals surface area (Å²) in [5, 5.41) is 9.09. The molecule has 0 saturated carbocycles. The van der Waals surface area contributed by atoms with Crippen LogP contribution in [-0.2, 0) is 6.54 Å². The third kappa shape index (κ3) is 3.41. The molecule has 0 spiro atoms. The smallest absolute Gasteiger partial charge is 0.213 e. The van der Waals surface area contributed by atoms with Gasteiger partial charge in [-0.25, -0.2) is 4.98 Å². The highest BCUT2D eigenvalue weighted by atomic mass is 16.5. The monoisotopic (exact) mass is 236 g/mol. The minimum absolute atomic E-state index is 0.325. The molecule has 1 aromatic heterocycles. The van der Waals surface area contributed by atoms with E-state index in [1.165, 1.54) is 0 Å². The SMILES string of the molecule is COc1cccc(CN2CCC(CO)CC2)n1. The first kappa shape index (κ1) is 12.3. The molecule has 94 valence electrons. The van der Waals surface area contributed by atoms with Crippen LogP contribution in [0.25, 0.3) is 0 Å². The highest BCUT2D eigenvalue weighted by molar-refractivity contribution is 5.15. The molecule has 0 aliphatic carbocycles. The van der Waals surface area contributed by atoms with Crippen LogP contribution >= 0.6 is 0 Å². The summed E-state index contributed by atoms with van der Waals surface area (Å²) < 4.78 is 5.12. The van der Waals surface area contributed by atoms with Gasteiger partial charge in [-0.05, 0) is 37.9 Å². The van der Waals surface area contributed by atoms with E-state index in [9.17, 15) is 0 Å². The lowest BCUT2D eigenvalue weighted by Gasteiger charge is -2.30. The van der Waals surface area contributed by atoms with Crippen LogP contribution < -0.4 is 4.74 Å². The van der Waals surface area contributed by atoms with Gasteiger partial charge in [0.05, 0.1) is 12.8 Å². The highest BCUT2D eigenvalue weighted by Gasteiger charge is 2.18. The number of aliphatic hydroxyl groups is 1. The van der Waals surface area contributed by atoms with Crippen molar-refractivity contribution in [1.29, 1.82) is 0 Å². The van der Waals surface area contributed by atoms with E-state index in [0.717, 1.165) is 38.2 Å². The first-order valence-corrected chi connectivity index (χ1v) is 6.15. The normalized spacial score (nSPS) is 18.2. The second-order valence-electron chi connectivity index (χ2n) is 4.57. The minimum atomic E-state index is 0.325. The average molecular weight is 236 g/mol. The third-order valence-corrected chi connectivity index (χ3v) is 3.34. The van der Waals surface area contributed by atoms with Crippen LogP contribution in [0.4, 0.5) is 0 Å². The average Bonchev–Trinajstić information content (AvgIpc) is 2.40. The number of aliphatic hydroxyl groups excluding tert-OH is 1. The Balaban J connectivity index is 1.88. The van der Waals surface area contributed by atoms with Crippen LogP contribution in [0, 0.1) is 5.92 Å². The number of piperidine rings is 1. The van der Waals surface area contributed by atoms with E-state index in [1.807, 2.05) is 18.2 Å². The zero-order valence-corrected chi connectivity index (χ0v) is 10.3. The van der Waals surface area contributed by atoms with Crippen LogP contribution in [-0.4, -0.2) is 41.8 Å². The van der Waals surface area contributed by atoms with Crippen molar-refractivity contribution in [3.63, 3.8) is 0 Å². The Morgan fingerprint density at radius 1 is 1.41 bits per heavy atom. The maximum atomic E-state index is 9.09. The summed E-state index contributed by atoms with van der Waals surface area (Å²) in [6.45, 7) is 3.29. The summed E-state index contributed by atoms with van der Waals surface area (Å²) in [6, 6.07) is 5.86. The van der Waals surface area contributed by atoms with Crippen molar-refractivity contribution in [2.45, 2.75) is 19.4 Å². The van der Waals surface area contributed by atoms with Crippen LogP contribution in [0.15, 0.2) is 18.2 Å². The van der Waals surface area contributed by atoms with Crippen LogP contribution in [0.5, 0.6) is 5.88 Å². The molecule has 2 rings (SSSR count). The molecule has 1 aliphatic heterocycles. The van der Waals surface area contributed by atoms with Gasteiger partial charge in [0.2, 0.25) is 5.88 Å². The predicted octanol–water partition coefficient (Wildman–Crippen LogP) is 1.29. The molecule has 1 N–H and O–H groups in total. The van der Waals surface area contributed by atoms with Gasteiger partial charge in [-0.1, -0.05) is 6.07 Å². The number of methoxy groups -OCH3 is 1. The summed E-state index contributed by atoms with van der Waals surface area (Å²) in [7, 11) is 1.64. The van der Waals surface area contributed by atoms with Crippen molar-refractivity contribution < 1.29 is 9.84 Å². The third-order valence-electron chi connectivity index (χ3n) is 3.34. The Bertz CT molecular complexity index is 349. The topological polar surface area (TPSA) is 45.6 Å². The van der Waals surface area contributed by atoms with Gasteiger partial charge in [0.25, 0.3) is 0 Å². The summed E-state index contributed by atoms with van der Waals surface area (Å²) in [5.74, 6) is 1.16. The van der Waals surface area contributed by atoms with Crippen molar-refractivity contribution in [2.75, 3.05) is 26.8 Å². The summed E-state index contributed by atoms with van der Waals surface area (Å²) in [5.41, 5.74) is 1.05. The van der Waals surface area contributed by atoms with Gasteiger partial charge < -0.3 is 9.84 Å². The molecule has 1 aromatic rings. The van der Waals surface area contributed by atoms with E-state index in [4.69, 9.17) is 9.84 Å². The fourth-order valence-corrected chi connectivity index (χ4v) is 2.22. The Morgan fingerprint density at radius 3 is 2.82 bits per heavy atom. The molecule has 0 unspecified atom stereocenters. The lowest BCUT2D eigenvalue weighted by molar-refractivity contribution is 0.126. The number of hydrogen-bond donors (Lipinski definition) is 1. The molecule has 0 aromatic carbocycles. The summed E-state index contributed by atoms with van der Waals surface area (Å²) in [4.78, 5) is 6.79. The van der Waals surface area contributed by atoms with Crippen LogP contribution in [0.3, 0.4) is 0 Å². The molecule has 4 nitrogen and oxygen atoms in total. The molecule has 0 radical (unpaired) electrons. The van der Waals surface area contributed by atoms with Gasteiger partial charge >= 0.3 is 0 Å². The quantitative estimate of drug-likeness (QED) is 0.855. The molecule has 1 saturated heterocycles. The van der Waals surface area contributed by atoms with Gasteiger partial charge in [0.1, 0.15) is 0 Å². The summed E-state index contributed by atoms with van der Waals surface area (Å²) in [6.07, 6.45) is 2.17. The Labute approximate surface area is 102 Å². The Kier molecular flexibility index (Phi) is 4.34. The molecule has 17 heavy (non-hydrogen) atoms. The van der Waals surface area contributed by atoms with Gasteiger partial charge in [-0.2, -0.15) is 0 Å². The first-order chi connectivity index (χ1) is 8.31. The molecular formula is C13H20N2O2. The molecule has 4 heteroatoms. The molecular weight excluding hydrogens is 216 g/mol. The van der Waals surface area contributed by atoms with Crippen molar-refractivity contribution in [3.05, 3.63) is 23.9 Å². The molecule has 1 fully saturated rings. The number of aromatic nitrogens is 1. The van der Waals surface area contributed by atoms with E-state index in [1.54, 1.807) is 7.11 Å². The lowest BCUT2D eigenvalue weighted by Crippen LogP contribution is -2.34. The zero-order valence-electron chi connectivity index (χ0n) is 10.3. The van der Waals surface area contributed by atoms with Crippen LogP contribution in [0.1, 0.15) is 18.5 Å². The first-order valence-electron chi connectivity index (χ1n) is 6.15. The van der Waals surface area contributed by atoms with Gasteiger partial charge in [0.15, 0.2) is 0 Å². The van der Waals surface area contributed by atoms with E-state index in [-0.39, 0.29) is 0 Å². The van der Waals surface area contributed by atoms with Crippen molar-refractivity contribution >= 4 is 0 Å². The molecule has 0 amide bonds. The lowest BCUT2D eigenvalue weighted by atomic mass is 9.98. The second-order valence-corrected chi connectivity index (χ2v) is 4.57. The predicted molar refractivity (Wildman–Crippen MR) is 65.9 cm³/mol. The number of pyridine rings is 1. The Hall–Kier alpha value is -1.13. The number of nitrogens with zero attached hydrogens (tertiary/aromatic N) is 2. The maximum absolute atomic E-state index is 9.09. The van der Waals surface area contributed by atoms with Crippen molar-refractivity contribution in [2.24, 2.45) is 5.92 Å². The fraction of sp³-hybridized carbons (Fsp3) is 0.615.